The van der Waals surface area contributed by atoms with Crippen molar-refractivity contribution in [3.8, 4) is 34.3 Å². The van der Waals surface area contributed by atoms with Gasteiger partial charge in [-0.1, -0.05) is 0 Å². The fraction of sp³-hybridized carbons (Fsp3) is 0.444. The molecule has 14 nitrogen and oxygen atoms in total. The Morgan fingerprint density at radius 3 is 2.17 bits per heavy atom. The lowest BCUT2D eigenvalue weighted by atomic mass is 9.96. The van der Waals surface area contributed by atoms with Crippen molar-refractivity contribution < 1.29 is 64.6 Å². The molecule has 9 N–H and O–H groups in total. The standard InChI is InChI=1S/C27H30O14/c1-9-20(32)22(34)17(38-9)7-12-21(33)19-14(31)5-11(29)6-16(19)39-26(12)10-2-3-15(13(30)4-10)40-27-25(37)24(36)23(35)18(8-28)41-27/h2-6,9,17-18,20,22-25,27-32,34-37H,7-8H2,1H3/t9-,17-,18-,20-,22+,23-,24+,25-,27-/m0/s1. The van der Waals surface area contributed by atoms with Crippen LogP contribution in [0.25, 0.3) is 22.3 Å². The van der Waals surface area contributed by atoms with Crippen LogP contribution in [0.4, 0.5) is 0 Å². The number of phenols is 3. The first-order chi connectivity index (χ1) is 19.4. The number of rotatable bonds is 6. The second-order valence-corrected chi connectivity index (χ2v) is 10.1. The summed E-state index contributed by atoms with van der Waals surface area (Å²) in [6.45, 7) is 0.873. The number of fused-ring (bicyclic) bond motifs is 1. The third-order valence-electron chi connectivity index (χ3n) is 7.37. The SMILES string of the molecule is C[C@@H]1O[C@@H](Cc2c(-c3ccc(O[C@H]4O[C@@H](CO)[C@H](O)[C@@H](O)[C@@H]4O)c(O)c3)oc3cc(O)cc(O)c3c2=O)[C@@H](O)[C@H]1O. The Labute approximate surface area is 231 Å². The van der Waals surface area contributed by atoms with Gasteiger partial charge in [-0.05, 0) is 25.1 Å². The van der Waals surface area contributed by atoms with Gasteiger partial charge in [0.2, 0.25) is 6.29 Å². The minimum Gasteiger partial charge on any atom is -0.508 e. The van der Waals surface area contributed by atoms with E-state index in [0.717, 1.165) is 18.2 Å². The van der Waals surface area contributed by atoms with E-state index in [9.17, 15) is 50.8 Å². The fourth-order valence-electron chi connectivity index (χ4n) is 5.09. The Morgan fingerprint density at radius 1 is 0.829 bits per heavy atom. The Morgan fingerprint density at radius 2 is 1.54 bits per heavy atom. The summed E-state index contributed by atoms with van der Waals surface area (Å²) in [6, 6.07) is 5.85. The highest BCUT2D eigenvalue weighted by atomic mass is 16.7. The number of ether oxygens (including phenoxy) is 3. The Bertz CT molecular complexity index is 1490. The molecule has 0 unspecified atom stereocenters. The van der Waals surface area contributed by atoms with E-state index in [0.29, 0.717) is 0 Å². The molecule has 2 aromatic carbocycles. The van der Waals surface area contributed by atoms with Crippen LogP contribution in [-0.2, 0) is 15.9 Å². The molecular formula is C27H30O14. The van der Waals surface area contributed by atoms with Gasteiger partial charge in [0.15, 0.2) is 16.9 Å². The first-order valence-electron chi connectivity index (χ1n) is 12.7. The summed E-state index contributed by atoms with van der Waals surface area (Å²) in [4.78, 5) is 13.6. The highest BCUT2D eigenvalue weighted by Crippen LogP contribution is 2.38. The van der Waals surface area contributed by atoms with E-state index in [1.54, 1.807) is 6.92 Å². The molecule has 2 saturated heterocycles. The second-order valence-electron chi connectivity index (χ2n) is 10.1. The molecule has 0 radical (unpaired) electrons. The van der Waals surface area contributed by atoms with Crippen LogP contribution >= 0.6 is 0 Å². The fourth-order valence-corrected chi connectivity index (χ4v) is 5.09. The number of hydrogen-bond acceptors (Lipinski definition) is 14. The largest absolute Gasteiger partial charge is 0.508 e. The predicted molar refractivity (Wildman–Crippen MR) is 137 cm³/mol. The summed E-state index contributed by atoms with van der Waals surface area (Å²) in [5.74, 6) is -1.78. The van der Waals surface area contributed by atoms with E-state index in [2.05, 4.69) is 0 Å². The molecule has 3 heterocycles. The van der Waals surface area contributed by atoms with Crippen molar-refractivity contribution in [3.63, 3.8) is 0 Å². The quantitative estimate of drug-likeness (QED) is 0.167. The maximum atomic E-state index is 13.6. The third kappa shape index (κ3) is 5.20. The van der Waals surface area contributed by atoms with Gasteiger partial charge >= 0.3 is 0 Å². The Balaban J connectivity index is 1.54. The molecule has 2 aliphatic heterocycles. The molecule has 0 saturated carbocycles. The van der Waals surface area contributed by atoms with Gasteiger partial charge in [0.25, 0.3) is 0 Å². The summed E-state index contributed by atoms with van der Waals surface area (Å²) >= 11 is 0. The molecule has 9 atom stereocenters. The van der Waals surface area contributed by atoms with Crippen LogP contribution in [0, 0.1) is 0 Å². The van der Waals surface area contributed by atoms with Crippen LogP contribution in [0.15, 0.2) is 39.5 Å². The number of aromatic hydroxyl groups is 3. The van der Waals surface area contributed by atoms with Crippen LogP contribution in [0.2, 0.25) is 0 Å². The van der Waals surface area contributed by atoms with E-state index < -0.39 is 78.7 Å². The smallest absolute Gasteiger partial charge is 0.229 e. The molecule has 5 rings (SSSR count). The van der Waals surface area contributed by atoms with Gasteiger partial charge in [0, 0.05) is 29.7 Å². The molecule has 1 aromatic heterocycles. The molecule has 3 aromatic rings. The zero-order chi connectivity index (χ0) is 29.7. The van der Waals surface area contributed by atoms with Crippen LogP contribution in [0.1, 0.15) is 12.5 Å². The lowest BCUT2D eigenvalue weighted by Gasteiger charge is -2.39. The first kappa shape index (κ1) is 29.0. The monoisotopic (exact) mass is 578 g/mol. The van der Waals surface area contributed by atoms with Crippen LogP contribution in [0.3, 0.4) is 0 Å². The average Bonchev–Trinajstić information content (AvgIpc) is 3.17. The Hall–Kier alpha value is -3.47. The van der Waals surface area contributed by atoms with E-state index in [4.69, 9.17) is 18.6 Å². The second kappa shape index (κ2) is 11.1. The summed E-state index contributed by atoms with van der Waals surface area (Å²) in [6.07, 6.45) is -12.4. The zero-order valence-electron chi connectivity index (χ0n) is 21.6. The van der Waals surface area contributed by atoms with Gasteiger partial charge in [-0.25, -0.2) is 0 Å². The normalized spacial score (nSPS) is 31.9. The lowest BCUT2D eigenvalue weighted by molar-refractivity contribution is -0.277. The van der Waals surface area contributed by atoms with Crippen molar-refractivity contribution in [1.29, 1.82) is 0 Å². The Kier molecular flexibility index (Phi) is 7.84. The first-order valence-corrected chi connectivity index (χ1v) is 12.7. The number of phenolic OH excluding ortho intramolecular Hbond substituents is 3. The van der Waals surface area contributed by atoms with E-state index in [-0.39, 0.29) is 45.8 Å². The molecule has 41 heavy (non-hydrogen) atoms. The van der Waals surface area contributed by atoms with Crippen LogP contribution in [-0.4, -0.2) is 108 Å². The van der Waals surface area contributed by atoms with E-state index in [1.807, 2.05) is 0 Å². The van der Waals surface area contributed by atoms with Gasteiger partial charge < -0.3 is 64.6 Å². The molecule has 0 spiro atoms. The van der Waals surface area contributed by atoms with Gasteiger partial charge in [0.05, 0.1) is 18.8 Å². The van der Waals surface area contributed by atoms with Crippen molar-refractivity contribution in [2.24, 2.45) is 0 Å². The summed E-state index contributed by atoms with van der Waals surface area (Å²) < 4.78 is 22.3. The molecule has 222 valence electrons. The van der Waals surface area contributed by atoms with E-state index in [1.165, 1.54) is 12.1 Å². The van der Waals surface area contributed by atoms with Crippen molar-refractivity contribution in [3.05, 3.63) is 46.1 Å². The molecular weight excluding hydrogens is 548 g/mol. The number of hydrogen-bond donors (Lipinski definition) is 9. The minimum absolute atomic E-state index is 0.0640. The van der Waals surface area contributed by atoms with Gasteiger partial charge in [-0.15, -0.1) is 0 Å². The van der Waals surface area contributed by atoms with Gasteiger partial charge in [-0.3, -0.25) is 4.79 Å². The highest BCUT2D eigenvalue weighted by molar-refractivity contribution is 5.87. The van der Waals surface area contributed by atoms with Crippen LogP contribution < -0.4 is 10.2 Å². The van der Waals surface area contributed by atoms with E-state index >= 15 is 0 Å². The molecule has 0 aliphatic carbocycles. The minimum atomic E-state index is -1.73. The maximum absolute atomic E-state index is 13.6. The van der Waals surface area contributed by atoms with Crippen LogP contribution in [0.5, 0.6) is 23.0 Å². The number of aliphatic hydroxyl groups excluding tert-OH is 6. The van der Waals surface area contributed by atoms with Crippen molar-refractivity contribution in [1.82, 2.24) is 0 Å². The zero-order valence-corrected chi connectivity index (χ0v) is 21.6. The summed E-state index contributed by atoms with van der Waals surface area (Å²) in [7, 11) is 0. The molecule has 14 heteroatoms. The summed E-state index contributed by atoms with van der Waals surface area (Å²) in [5.41, 5.74) is -0.814. The topological polar surface area (TPSA) is 240 Å². The molecule has 0 amide bonds. The van der Waals surface area contributed by atoms with Crippen molar-refractivity contribution >= 4 is 11.0 Å². The molecule has 2 fully saturated rings. The van der Waals surface area contributed by atoms with Crippen molar-refractivity contribution in [2.75, 3.05) is 6.61 Å². The predicted octanol–water partition coefficient (Wildman–Crippen LogP) is -1.19. The molecule has 2 aliphatic rings. The lowest BCUT2D eigenvalue weighted by Crippen LogP contribution is -2.60. The number of aliphatic hydroxyl groups is 6. The van der Waals surface area contributed by atoms with Crippen molar-refractivity contribution in [2.45, 2.75) is 68.5 Å². The average molecular weight is 579 g/mol. The highest BCUT2D eigenvalue weighted by Gasteiger charge is 2.45. The third-order valence-corrected chi connectivity index (χ3v) is 7.37. The number of benzene rings is 2. The van der Waals surface area contributed by atoms with Gasteiger partial charge in [0.1, 0.15) is 64.9 Å². The molecule has 0 bridgehead atoms. The summed E-state index contributed by atoms with van der Waals surface area (Å²) in [5, 5.41) is 91.0. The van der Waals surface area contributed by atoms with Gasteiger partial charge in [-0.2, -0.15) is 0 Å². The maximum Gasteiger partial charge on any atom is 0.229 e.